The number of carbonyl (C=O) groups is 1. The van der Waals surface area contributed by atoms with Crippen molar-refractivity contribution in [2.45, 2.75) is 25.8 Å². The molecule has 1 aliphatic carbocycles. The molecule has 3 rings (SSSR count). The lowest BCUT2D eigenvalue weighted by molar-refractivity contribution is 0.232. The van der Waals surface area contributed by atoms with Gasteiger partial charge in [0, 0.05) is 0 Å². The molecule has 4 heteroatoms. The molecule has 2 N–H and O–H groups in total. The highest BCUT2D eigenvalue weighted by Crippen LogP contribution is 2.30. The fourth-order valence-corrected chi connectivity index (χ4v) is 2.88. The van der Waals surface area contributed by atoms with Crippen LogP contribution in [0.5, 0.6) is 5.75 Å². The van der Waals surface area contributed by atoms with Crippen molar-refractivity contribution in [1.29, 1.82) is 0 Å². The van der Waals surface area contributed by atoms with E-state index in [-0.39, 0.29) is 12.1 Å². The molecule has 23 heavy (non-hydrogen) atoms. The Kier molecular flexibility index (Phi) is 4.81. The van der Waals surface area contributed by atoms with E-state index in [1.54, 1.807) is 0 Å². The van der Waals surface area contributed by atoms with Crippen LogP contribution in [0.15, 0.2) is 48.5 Å². The SMILES string of the molecule is Cc1ccc(OCCNC(=O)NC2CCc3ccccc32)cc1. The molecule has 0 bridgehead atoms. The van der Waals surface area contributed by atoms with Gasteiger partial charge in [0.05, 0.1) is 12.6 Å². The first-order chi connectivity index (χ1) is 11.2. The molecular formula is C19H22N2O2. The zero-order valence-corrected chi connectivity index (χ0v) is 13.3. The summed E-state index contributed by atoms with van der Waals surface area (Å²) in [5, 5.41) is 5.88. The van der Waals surface area contributed by atoms with Crippen LogP contribution >= 0.6 is 0 Å². The van der Waals surface area contributed by atoms with Crippen LogP contribution in [-0.4, -0.2) is 19.2 Å². The van der Waals surface area contributed by atoms with Crippen molar-refractivity contribution in [3.8, 4) is 5.75 Å². The average Bonchev–Trinajstić information content (AvgIpc) is 2.96. The van der Waals surface area contributed by atoms with Crippen LogP contribution in [-0.2, 0) is 6.42 Å². The van der Waals surface area contributed by atoms with Crippen LogP contribution in [0.25, 0.3) is 0 Å². The predicted molar refractivity (Wildman–Crippen MR) is 90.7 cm³/mol. The molecule has 0 spiro atoms. The van der Waals surface area contributed by atoms with E-state index in [0.29, 0.717) is 13.2 Å². The topological polar surface area (TPSA) is 50.4 Å². The Labute approximate surface area is 136 Å². The Morgan fingerprint density at radius 3 is 2.78 bits per heavy atom. The molecule has 0 saturated heterocycles. The molecule has 0 fully saturated rings. The van der Waals surface area contributed by atoms with Crippen molar-refractivity contribution in [1.82, 2.24) is 10.6 Å². The first-order valence-electron chi connectivity index (χ1n) is 8.04. The highest BCUT2D eigenvalue weighted by Gasteiger charge is 2.22. The third-order valence-corrected chi connectivity index (χ3v) is 4.12. The van der Waals surface area contributed by atoms with Gasteiger partial charge in [0.15, 0.2) is 0 Å². The van der Waals surface area contributed by atoms with Gasteiger partial charge in [-0.15, -0.1) is 0 Å². The fourth-order valence-electron chi connectivity index (χ4n) is 2.88. The maximum Gasteiger partial charge on any atom is 0.315 e. The standard InChI is InChI=1S/C19H22N2O2/c1-14-6-9-16(10-7-14)23-13-12-20-19(22)21-18-11-8-15-4-2-3-5-17(15)18/h2-7,9-10,18H,8,11-13H2,1H3,(H2,20,21,22). The molecule has 0 aliphatic heterocycles. The highest BCUT2D eigenvalue weighted by atomic mass is 16.5. The molecule has 1 atom stereocenters. The van der Waals surface area contributed by atoms with Crippen molar-refractivity contribution in [2.24, 2.45) is 0 Å². The molecular weight excluding hydrogens is 288 g/mol. The minimum Gasteiger partial charge on any atom is -0.492 e. The van der Waals surface area contributed by atoms with Crippen molar-refractivity contribution < 1.29 is 9.53 Å². The first-order valence-corrected chi connectivity index (χ1v) is 8.04. The average molecular weight is 310 g/mol. The van der Waals surface area contributed by atoms with Gasteiger partial charge in [0.25, 0.3) is 0 Å². The monoisotopic (exact) mass is 310 g/mol. The zero-order valence-electron chi connectivity index (χ0n) is 13.3. The Bertz CT molecular complexity index is 667. The number of nitrogens with one attached hydrogen (secondary N) is 2. The number of amides is 2. The second kappa shape index (κ2) is 7.18. The van der Waals surface area contributed by atoms with E-state index in [9.17, 15) is 4.79 Å². The number of rotatable bonds is 5. The molecule has 1 aliphatic rings. The molecule has 0 aromatic heterocycles. The molecule has 2 amide bonds. The second-order valence-corrected chi connectivity index (χ2v) is 5.85. The number of aryl methyl sites for hydroxylation is 2. The van der Waals surface area contributed by atoms with Gasteiger partial charge in [-0.3, -0.25) is 0 Å². The molecule has 2 aromatic rings. The summed E-state index contributed by atoms with van der Waals surface area (Å²) in [6.45, 7) is 2.97. The molecule has 120 valence electrons. The molecule has 4 nitrogen and oxygen atoms in total. The van der Waals surface area contributed by atoms with E-state index < -0.39 is 0 Å². The van der Waals surface area contributed by atoms with E-state index in [1.807, 2.05) is 43.3 Å². The highest BCUT2D eigenvalue weighted by molar-refractivity contribution is 5.74. The lowest BCUT2D eigenvalue weighted by Gasteiger charge is -2.15. The van der Waals surface area contributed by atoms with Crippen LogP contribution in [0.3, 0.4) is 0 Å². The van der Waals surface area contributed by atoms with Gasteiger partial charge in [0.2, 0.25) is 0 Å². The molecule has 0 heterocycles. The molecule has 0 saturated carbocycles. The van der Waals surface area contributed by atoms with Gasteiger partial charge in [-0.2, -0.15) is 0 Å². The first kappa shape index (κ1) is 15.4. The van der Waals surface area contributed by atoms with Gasteiger partial charge >= 0.3 is 6.03 Å². The Balaban J connectivity index is 1.40. The van der Waals surface area contributed by atoms with Gasteiger partial charge in [-0.1, -0.05) is 42.0 Å². The predicted octanol–water partition coefficient (Wildman–Crippen LogP) is 3.36. The summed E-state index contributed by atoms with van der Waals surface area (Å²) in [7, 11) is 0. The number of ether oxygens (including phenoxy) is 1. The van der Waals surface area contributed by atoms with E-state index in [1.165, 1.54) is 16.7 Å². The Hall–Kier alpha value is -2.49. The number of benzene rings is 2. The third-order valence-electron chi connectivity index (χ3n) is 4.12. The van der Waals surface area contributed by atoms with Crippen molar-refractivity contribution in [2.75, 3.05) is 13.2 Å². The summed E-state index contributed by atoms with van der Waals surface area (Å²) in [6, 6.07) is 16.1. The van der Waals surface area contributed by atoms with Crippen molar-refractivity contribution in [3.63, 3.8) is 0 Å². The van der Waals surface area contributed by atoms with Gasteiger partial charge in [-0.05, 0) is 43.0 Å². The third kappa shape index (κ3) is 4.03. The zero-order chi connectivity index (χ0) is 16.1. The number of hydrogen-bond acceptors (Lipinski definition) is 2. The lowest BCUT2D eigenvalue weighted by Crippen LogP contribution is -2.39. The molecule has 2 aromatic carbocycles. The fraction of sp³-hybridized carbons (Fsp3) is 0.316. The quantitative estimate of drug-likeness (QED) is 0.832. The number of hydrogen-bond donors (Lipinski definition) is 2. The van der Waals surface area contributed by atoms with Gasteiger partial charge in [-0.25, -0.2) is 4.79 Å². The van der Waals surface area contributed by atoms with Gasteiger partial charge < -0.3 is 15.4 Å². The van der Waals surface area contributed by atoms with Crippen molar-refractivity contribution in [3.05, 3.63) is 65.2 Å². The van der Waals surface area contributed by atoms with E-state index in [2.05, 4.69) is 22.8 Å². The minimum absolute atomic E-state index is 0.115. The lowest BCUT2D eigenvalue weighted by atomic mass is 10.1. The number of fused-ring (bicyclic) bond motifs is 1. The summed E-state index contributed by atoms with van der Waals surface area (Å²) in [6.07, 6.45) is 1.99. The minimum atomic E-state index is -0.140. The van der Waals surface area contributed by atoms with Gasteiger partial charge in [0.1, 0.15) is 12.4 Å². The van der Waals surface area contributed by atoms with Crippen LogP contribution in [0, 0.1) is 6.92 Å². The summed E-state index contributed by atoms with van der Waals surface area (Å²) in [5.41, 5.74) is 3.77. The summed E-state index contributed by atoms with van der Waals surface area (Å²) >= 11 is 0. The summed E-state index contributed by atoms with van der Waals surface area (Å²) in [5.74, 6) is 0.822. The summed E-state index contributed by atoms with van der Waals surface area (Å²) in [4.78, 5) is 12.0. The maximum absolute atomic E-state index is 12.0. The second-order valence-electron chi connectivity index (χ2n) is 5.85. The van der Waals surface area contributed by atoms with E-state index in [4.69, 9.17) is 4.74 Å². The largest absolute Gasteiger partial charge is 0.492 e. The van der Waals surface area contributed by atoms with Crippen LogP contribution in [0.4, 0.5) is 4.79 Å². The molecule has 1 unspecified atom stereocenters. The molecule has 0 radical (unpaired) electrons. The van der Waals surface area contributed by atoms with Crippen LogP contribution in [0.2, 0.25) is 0 Å². The number of urea groups is 1. The Morgan fingerprint density at radius 2 is 1.96 bits per heavy atom. The maximum atomic E-state index is 12.0. The smallest absolute Gasteiger partial charge is 0.315 e. The van der Waals surface area contributed by atoms with Crippen molar-refractivity contribution >= 4 is 6.03 Å². The van der Waals surface area contributed by atoms with E-state index in [0.717, 1.165) is 18.6 Å². The Morgan fingerprint density at radius 1 is 1.17 bits per heavy atom. The van der Waals surface area contributed by atoms with E-state index >= 15 is 0 Å². The van der Waals surface area contributed by atoms with Crippen LogP contribution < -0.4 is 15.4 Å². The van der Waals surface area contributed by atoms with Crippen LogP contribution in [0.1, 0.15) is 29.2 Å². The number of carbonyl (C=O) groups excluding carboxylic acids is 1. The summed E-state index contributed by atoms with van der Waals surface area (Å²) < 4.78 is 5.60. The normalized spacial score (nSPS) is 15.8.